The number of thioether (sulfide) groups is 1. The van der Waals surface area contributed by atoms with E-state index in [2.05, 4.69) is 10.4 Å². The van der Waals surface area contributed by atoms with Crippen LogP contribution < -0.4 is 5.32 Å². The number of nitrogens with zero attached hydrogens (tertiary/aromatic N) is 2. The zero-order valence-electron chi connectivity index (χ0n) is 19.6. The highest BCUT2D eigenvalue weighted by molar-refractivity contribution is 7.98. The van der Waals surface area contributed by atoms with Crippen LogP contribution in [0.15, 0.2) is 47.6 Å². The maximum Gasteiger partial charge on any atom is 0.417 e. The molecule has 0 bridgehead atoms. The normalized spacial score (nSPS) is 18.1. The number of carbonyl (C=O) groups is 2. The van der Waals surface area contributed by atoms with Crippen LogP contribution in [-0.2, 0) is 17.1 Å². The number of Topliss-reactive ketones (excluding diaryl/α,β-unsaturated/α-hetero) is 1. The third kappa shape index (κ3) is 6.40. The molecule has 13 heteroatoms. The van der Waals surface area contributed by atoms with Gasteiger partial charge in [0.05, 0.1) is 33.8 Å². The first kappa shape index (κ1) is 28.8. The Morgan fingerprint density at radius 1 is 1.08 bits per heavy atom. The molecule has 0 radical (unpaired) electrons. The molecule has 0 saturated carbocycles. The molecule has 200 valence electrons. The van der Waals surface area contributed by atoms with Crippen molar-refractivity contribution in [2.45, 2.75) is 32.1 Å². The molecule has 0 spiro atoms. The fraction of sp³-hybridized carbons (Fsp3) is 0.375. The SMILES string of the molecule is CSCCCC1(C(C)=O)CN(C(=O)Nc2ccc(C(F)(F)F)cc2)N=C1c1ccc(C(F)(F)F)c(Cl)c1. The fourth-order valence-corrected chi connectivity index (χ4v) is 4.75. The summed E-state index contributed by atoms with van der Waals surface area (Å²) in [6.45, 7) is 1.12. The molecule has 2 aromatic carbocycles. The van der Waals surface area contributed by atoms with Gasteiger partial charge in [0.1, 0.15) is 5.78 Å². The number of hydrazone groups is 1. The zero-order valence-corrected chi connectivity index (χ0v) is 21.2. The minimum Gasteiger partial charge on any atom is -0.306 e. The summed E-state index contributed by atoms with van der Waals surface area (Å²) in [7, 11) is 0. The number of rotatable bonds is 7. The van der Waals surface area contributed by atoms with Gasteiger partial charge in [0, 0.05) is 11.3 Å². The summed E-state index contributed by atoms with van der Waals surface area (Å²) in [5.74, 6) is 0.349. The minimum atomic E-state index is -4.68. The van der Waals surface area contributed by atoms with Gasteiger partial charge in [-0.3, -0.25) is 4.79 Å². The average molecular weight is 566 g/mol. The number of carbonyl (C=O) groups excluding carboxylic acids is 2. The van der Waals surface area contributed by atoms with E-state index in [9.17, 15) is 35.9 Å². The molecule has 1 N–H and O–H groups in total. The number of nitrogens with one attached hydrogen (secondary N) is 1. The quantitative estimate of drug-likeness (QED) is 0.282. The molecule has 37 heavy (non-hydrogen) atoms. The Labute approximate surface area is 218 Å². The van der Waals surface area contributed by atoms with Crippen molar-refractivity contribution in [2.24, 2.45) is 10.5 Å². The van der Waals surface area contributed by atoms with Crippen LogP contribution in [0, 0.1) is 5.41 Å². The van der Waals surface area contributed by atoms with Crippen LogP contribution in [0.2, 0.25) is 5.02 Å². The maximum atomic E-state index is 13.2. The van der Waals surface area contributed by atoms with E-state index in [0.717, 1.165) is 47.5 Å². The molecule has 2 amide bonds. The van der Waals surface area contributed by atoms with E-state index in [4.69, 9.17) is 11.6 Å². The van der Waals surface area contributed by atoms with E-state index in [1.54, 1.807) is 11.8 Å². The Bertz CT molecular complexity index is 1200. The van der Waals surface area contributed by atoms with E-state index in [0.29, 0.717) is 12.2 Å². The van der Waals surface area contributed by atoms with Crippen molar-refractivity contribution in [2.75, 3.05) is 23.9 Å². The molecule has 1 aliphatic rings. The third-order valence-corrected chi connectivity index (χ3v) is 6.98. The smallest absolute Gasteiger partial charge is 0.306 e. The van der Waals surface area contributed by atoms with Crippen molar-refractivity contribution in [1.82, 2.24) is 5.01 Å². The maximum absolute atomic E-state index is 13.2. The van der Waals surface area contributed by atoms with Gasteiger partial charge in [-0.25, -0.2) is 9.80 Å². The number of amides is 2. The van der Waals surface area contributed by atoms with Gasteiger partial charge < -0.3 is 5.32 Å². The highest BCUT2D eigenvalue weighted by Gasteiger charge is 2.49. The van der Waals surface area contributed by atoms with Gasteiger partial charge in [0.15, 0.2) is 0 Å². The largest absolute Gasteiger partial charge is 0.417 e. The van der Waals surface area contributed by atoms with Gasteiger partial charge >= 0.3 is 18.4 Å². The number of hydrogen-bond acceptors (Lipinski definition) is 4. The minimum absolute atomic E-state index is 0.0648. The molecule has 5 nitrogen and oxygen atoms in total. The highest BCUT2D eigenvalue weighted by atomic mass is 35.5. The van der Waals surface area contributed by atoms with Crippen molar-refractivity contribution in [3.8, 4) is 0 Å². The van der Waals surface area contributed by atoms with Crippen LogP contribution in [0.1, 0.15) is 36.5 Å². The second-order valence-corrected chi connectivity index (χ2v) is 9.83. The van der Waals surface area contributed by atoms with Gasteiger partial charge in [0.25, 0.3) is 0 Å². The van der Waals surface area contributed by atoms with Gasteiger partial charge in [-0.15, -0.1) is 0 Å². The topological polar surface area (TPSA) is 61.8 Å². The van der Waals surface area contributed by atoms with Crippen LogP contribution in [-0.4, -0.2) is 41.1 Å². The first-order chi connectivity index (χ1) is 17.2. The van der Waals surface area contributed by atoms with Crippen molar-refractivity contribution < 1.29 is 35.9 Å². The number of benzene rings is 2. The van der Waals surface area contributed by atoms with Gasteiger partial charge in [-0.2, -0.15) is 43.2 Å². The molecule has 1 unspecified atom stereocenters. The number of anilines is 1. The van der Waals surface area contributed by atoms with Gasteiger partial charge in [-0.1, -0.05) is 17.7 Å². The van der Waals surface area contributed by atoms with E-state index >= 15 is 0 Å². The van der Waals surface area contributed by atoms with E-state index in [1.807, 2.05) is 6.26 Å². The highest BCUT2D eigenvalue weighted by Crippen LogP contribution is 2.40. The number of ketones is 1. The first-order valence-corrected chi connectivity index (χ1v) is 12.7. The van der Waals surface area contributed by atoms with Crippen molar-refractivity contribution in [3.63, 3.8) is 0 Å². The van der Waals surface area contributed by atoms with Crippen LogP contribution >= 0.6 is 23.4 Å². The number of hydrogen-bond donors (Lipinski definition) is 1. The Morgan fingerprint density at radius 3 is 2.24 bits per heavy atom. The van der Waals surface area contributed by atoms with Crippen LogP contribution in [0.5, 0.6) is 0 Å². The van der Waals surface area contributed by atoms with Crippen LogP contribution in [0.3, 0.4) is 0 Å². The Kier molecular flexibility index (Phi) is 8.53. The van der Waals surface area contributed by atoms with E-state index < -0.39 is 39.9 Å². The molecule has 0 fully saturated rings. The second kappa shape index (κ2) is 10.9. The van der Waals surface area contributed by atoms with Crippen LogP contribution in [0.4, 0.5) is 36.8 Å². The molecule has 0 aliphatic carbocycles. The zero-order chi connectivity index (χ0) is 27.6. The van der Waals surface area contributed by atoms with Gasteiger partial charge in [-0.05, 0) is 68.2 Å². The Hall–Kier alpha value is -2.73. The fourth-order valence-electron chi connectivity index (χ4n) is 4.03. The van der Waals surface area contributed by atoms with Crippen molar-refractivity contribution in [1.29, 1.82) is 0 Å². The average Bonchev–Trinajstić information content (AvgIpc) is 3.19. The standard InChI is InChI=1S/C24H22ClF6N3O2S/c1-14(35)22(10-3-11-37-2)13-34(21(36)32-17-7-5-16(6-8-17)23(26,27)28)33-20(22)15-4-9-18(19(25)12-15)24(29,30)31/h4-9,12H,3,10-11,13H2,1-2H3,(H,32,36). The molecule has 0 saturated heterocycles. The Balaban J connectivity index is 1.97. The molecule has 1 aliphatic heterocycles. The molecule has 3 rings (SSSR count). The summed E-state index contributed by atoms with van der Waals surface area (Å²) in [6.07, 6.45) is -6.52. The van der Waals surface area contributed by atoms with Crippen molar-refractivity contribution in [3.05, 3.63) is 64.2 Å². The van der Waals surface area contributed by atoms with Crippen molar-refractivity contribution >= 4 is 46.6 Å². The predicted octanol–water partition coefficient (Wildman–Crippen LogP) is 7.35. The molecule has 1 atom stereocenters. The predicted molar refractivity (Wildman–Crippen MR) is 131 cm³/mol. The third-order valence-electron chi connectivity index (χ3n) is 5.97. The molecular weight excluding hydrogens is 544 g/mol. The Morgan fingerprint density at radius 2 is 1.73 bits per heavy atom. The lowest BCUT2D eigenvalue weighted by Gasteiger charge is -2.28. The van der Waals surface area contributed by atoms with E-state index in [-0.39, 0.29) is 35.7 Å². The summed E-state index contributed by atoms with van der Waals surface area (Å²) in [4.78, 5) is 25.9. The first-order valence-electron chi connectivity index (χ1n) is 10.9. The second-order valence-electron chi connectivity index (χ2n) is 8.44. The summed E-state index contributed by atoms with van der Waals surface area (Å²) in [6, 6.07) is 5.95. The lowest BCUT2D eigenvalue weighted by atomic mass is 9.73. The summed E-state index contributed by atoms with van der Waals surface area (Å²) in [5.41, 5.74) is -2.94. The number of alkyl halides is 6. The van der Waals surface area contributed by atoms with E-state index in [1.165, 1.54) is 6.92 Å². The number of halogens is 7. The van der Waals surface area contributed by atoms with Crippen LogP contribution in [0.25, 0.3) is 0 Å². The molecular formula is C24H22ClF6N3O2S. The molecule has 1 heterocycles. The number of urea groups is 1. The lowest BCUT2D eigenvalue weighted by molar-refractivity contribution is -0.138. The molecule has 0 aromatic heterocycles. The summed E-state index contributed by atoms with van der Waals surface area (Å²) in [5, 5.41) is 7.11. The molecule has 2 aromatic rings. The monoisotopic (exact) mass is 565 g/mol. The lowest BCUT2D eigenvalue weighted by Crippen LogP contribution is -2.42. The summed E-state index contributed by atoms with van der Waals surface area (Å²) < 4.78 is 78.1. The summed E-state index contributed by atoms with van der Waals surface area (Å²) >= 11 is 7.45. The van der Waals surface area contributed by atoms with Gasteiger partial charge in [0.2, 0.25) is 0 Å².